The lowest BCUT2D eigenvalue weighted by Crippen LogP contribution is -2.47. The third kappa shape index (κ3) is 1.75. The molecule has 4 heterocycles. The summed E-state index contributed by atoms with van der Waals surface area (Å²) >= 11 is 0. The number of nitrogens with one attached hydrogen (secondary N) is 1. The smallest absolute Gasteiger partial charge is 0.132 e. The maximum absolute atomic E-state index is 9.31. The molecule has 3 unspecified atom stereocenters. The van der Waals surface area contributed by atoms with E-state index in [0.717, 1.165) is 24.9 Å². The monoisotopic (exact) mass is 276 g/mol. The highest BCUT2D eigenvalue weighted by Gasteiger charge is 2.40. The third-order valence-electron chi connectivity index (χ3n) is 4.42. The van der Waals surface area contributed by atoms with Crippen LogP contribution in [0.1, 0.15) is 25.5 Å². The van der Waals surface area contributed by atoms with Crippen molar-refractivity contribution in [2.75, 3.05) is 18.5 Å². The van der Waals surface area contributed by atoms with Crippen molar-refractivity contribution >= 4 is 11.6 Å². The van der Waals surface area contributed by atoms with E-state index in [9.17, 15) is 5.11 Å². The third-order valence-corrected chi connectivity index (χ3v) is 4.42. The van der Waals surface area contributed by atoms with Gasteiger partial charge in [-0.25, -0.2) is 4.68 Å². The van der Waals surface area contributed by atoms with Gasteiger partial charge in [0, 0.05) is 12.1 Å². The Morgan fingerprint density at radius 1 is 1.40 bits per heavy atom. The predicted molar refractivity (Wildman–Crippen MR) is 75.0 cm³/mol. The normalized spacial score (nSPS) is 31.8. The van der Waals surface area contributed by atoms with E-state index in [4.69, 9.17) is 4.74 Å². The highest BCUT2D eigenvalue weighted by atomic mass is 16.5. The highest BCUT2D eigenvalue weighted by Crippen LogP contribution is 2.36. The van der Waals surface area contributed by atoms with E-state index in [1.807, 2.05) is 10.7 Å². The first-order valence-electron chi connectivity index (χ1n) is 7.31. The molecular formula is C14H20N4O2. The zero-order valence-electron chi connectivity index (χ0n) is 11.6. The largest absolute Gasteiger partial charge is 0.390 e. The molecule has 3 atom stereocenters. The average Bonchev–Trinajstić information content (AvgIpc) is 2.96. The molecule has 108 valence electrons. The number of aliphatic hydroxyl groups is 1. The van der Waals surface area contributed by atoms with Gasteiger partial charge in [-0.1, -0.05) is 0 Å². The van der Waals surface area contributed by atoms with Gasteiger partial charge < -0.3 is 20.1 Å². The minimum Gasteiger partial charge on any atom is -0.390 e. The molecule has 1 aromatic heterocycles. The van der Waals surface area contributed by atoms with Crippen LogP contribution in [0.25, 0.3) is 5.82 Å². The zero-order chi connectivity index (χ0) is 13.7. The molecule has 6 heteroatoms. The van der Waals surface area contributed by atoms with Gasteiger partial charge in [0.25, 0.3) is 0 Å². The lowest BCUT2D eigenvalue weighted by Gasteiger charge is -2.40. The Balaban J connectivity index is 1.75. The Hall–Kier alpha value is -1.53. The van der Waals surface area contributed by atoms with Gasteiger partial charge in [-0.15, -0.1) is 0 Å². The first-order chi connectivity index (χ1) is 9.76. The van der Waals surface area contributed by atoms with E-state index < -0.39 is 0 Å². The highest BCUT2D eigenvalue weighted by molar-refractivity contribution is 5.59. The molecule has 3 aliphatic heterocycles. The van der Waals surface area contributed by atoms with E-state index in [0.29, 0.717) is 17.8 Å². The molecule has 0 amide bonds. The molecule has 4 rings (SSSR count). The molecule has 0 radical (unpaired) electrons. The molecule has 2 fully saturated rings. The summed E-state index contributed by atoms with van der Waals surface area (Å²) in [7, 11) is 0. The van der Waals surface area contributed by atoms with E-state index in [1.54, 1.807) is 0 Å². The molecule has 0 saturated carbocycles. The number of hydrogen-bond acceptors (Lipinski definition) is 5. The van der Waals surface area contributed by atoms with Crippen molar-refractivity contribution in [1.29, 1.82) is 0 Å². The minimum atomic E-state index is -0.0285. The van der Waals surface area contributed by atoms with Crippen LogP contribution in [0, 0.1) is 0 Å². The second-order valence-corrected chi connectivity index (χ2v) is 5.88. The van der Waals surface area contributed by atoms with Crippen LogP contribution >= 0.6 is 0 Å². The van der Waals surface area contributed by atoms with Gasteiger partial charge in [-0.3, -0.25) is 0 Å². The summed E-state index contributed by atoms with van der Waals surface area (Å²) in [4.78, 5) is 2.47. The number of morpholine rings is 1. The summed E-state index contributed by atoms with van der Waals surface area (Å²) in [6.07, 6.45) is 4.60. The standard InChI is InChI=1S/C14H20N4O2/c1-9-4-14(17-11-2-3-12(17)8-20-7-11)18-13(15-9)5-10(6-19)16-18/h4-5,9,11-12,15,19H,2-3,6-8H2,1H3. The molecule has 3 aliphatic rings. The molecule has 20 heavy (non-hydrogen) atoms. The van der Waals surface area contributed by atoms with E-state index in [1.165, 1.54) is 12.8 Å². The Kier molecular flexibility index (Phi) is 2.75. The fraction of sp³-hybridized carbons (Fsp3) is 0.643. The maximum atomic E-state index is 9.31. The van der Waals surface area contributed by atoms with Crippen LogP contribution < -0.4 is 5.32 Å². The first kappa shape index (κ1) is 12.2. The van der Waals surface area contributed by atoms with Crippen molar-refractivity contribution in [3.63, 3.8) is 0 Å². The van der Waals surface area contributed by atoms with E-state index in [-0.39, 0.29) is 12.6 Å². The van der Waals surface area contributed by atoms with Crippen molar-refractivity contribution < 1.29 is 9.84 Å². The van der Waals surface area contributed by atoms with Crippen molar-refractivity contribution in [3.05, 3.63) is 17.8 Å². The van der Waals surface area contributed by atoms with Gasteiger partial charge in [-0.05, 0) is 25.8 Å². The molecule has 0 aromatic carbocycles. The van der Waals surface area contributed by atoms with Crippen molar-refractivity contribution in [3.8, 4) is 0 Å². The maximum Gasteiger partial charge on any atom is 0.132 e. The molecule has 6 nitrogen and oxygen atoms in total. The minimum absolute atomic E-state index is 0.0285. The Labute approximate surface area is 118 Å². The SMILES string of the molecule is CC1C=C(N2C3CCC2COC3)n2nc(CO)cc2N1. The summed E-state index contributed by atoms with van der Waals surface area (Å²) in [6, 6.07) is 3.11. The van der Waals surface area contributed by atoms with Crippen molar-refractivity contribution in [2.24, 2.45) is 0 Å². The number of fused-ring (bicyclic) bond motifs is 3. The van der Waals surface area contributed by atoms with Gasteiger partial charge in [0.15, 0.2) is 0 Å². The lowest BCUT2D eigenvalue weighted by atomic mass is 10.2. The Morgan fingerprint density at radius 3 is 2.85 bits per heavy atom. The summed E-state index contributed by atoms with van der Waals surface area (Å²) in [5, 5.41) is 17.2. The second-order valence-electron chi connectivity index (χ2n) is 5.88. The Bertz CT molecular complexity index is 537. The van der Waals surface area contributed by atoms with Gasteiger partial charge in [-0.2, -0.15) is 5.10 Å². The zero-order valence-corrected chi connectivity index (χ0v) is 11.6. The van der Waals surface area contributed by atoms with Gasteiger partial charge in [0.1, 0.15) is 11.6 Å². The molecule has 2 N–H and O–H groups in total. The number of nitrogens with zero attached hydrogens (tertiary/aromatic N) is 3. The molecule has 0 spiro atoms. The van der Waals surface area contributed by atoms with Crippen LogP contribution in [0.15, 0.2) is 12.1 Å². The van der Waals surface area contributed by atoms with Crippen molar-refractivity contribution in [1.82, 2.24) is 14.7 Å². The van der Waals surface area contributed by atoms with Crippen LogP contribution in [-0.4, -0.2) is 51.1 Å². The van der Waals surface area contributed by atoms with Crippen LogP contribution in [0.4, 0.5) is 5.82 Å². The number of aromatic nitrogens is 2. The molecule has 1 aromatic rings. The average molecular weight is 276 g/mol. The Morgan fingerprint density at radius 2 is 2.15 bits per heavy atom. The van der Waals surface area contributed by atoms with Crippen LogP contribution in [0.3, 0.4) is 0 Å². The molecular weight excluding hydrogens is 256 g/mol. The fourth-order valence-electron chi connectivity index (χ4n) is 3.55. The number of hydrogen-bond donors (Lipinski definition) is 2. The number of ether oxygens (including phenoxy) is 1. The fourth-order valence-corrected chi connectivity index (χ4v) is 3.55. The number of rotatable bonds is 2. The lowest BCUT2D eigenvalue weighted by molar-refractivity contribution is 0.0122. The summed E-state index contributed by atoms with van der Waals surface area (Å²) in [6.45, 7) is 3.72. The first-order valence-corrected chi connectivity index (χ1v) is 7.31. The van der Waals surface area contributed by atoms with Crippen molar-refractivity contribution in [2.45, 2.75) is 44.5 Å². The molecule has 0 aliphatic carbocycles. The van der Waals surface area contributed by atoms with Gasteiger partial charge in [0.2, 0.25) is 0 Å². The molecule has 2 saturated heterocycles. The van der Waals surface area contributed by atoms with Crippen LogP contribution in [-0.2, 0) is 11.3 Å². The van der Waals surface area contributed by atoms with Gasteiger partial charge >= 0.3 is 0 Å². The molecule has 2 bridgehead atoms. The van der Waals surface area contributed by atoms with E-state index in [2.05, 4.69) is 28.3 Å². The van der Waals surface area contributed by atoms with Crippen LogP contribution in [0.5, 0.6) is 0 Å². The number of aliphatic hydroxyl groups excluding tert-OH is 1. The topological polar surface area (TPSA) is 62.5 Å². The summed E-state index contributed by atoms with van der Waals surface area (Å²) in [5.74, 6) is 2.10. The summed E-state index contributed by atoms with van der Waals surface area (Å²) in [5.41, 5.74) is 0.702. The van der Waals surface area contributed by atoms with E-state index >= 15 is 0 Å². The summed E-state index contributed by atoms with van der Waals surface area (Å²) < 4.78 is 7.60. The van der Waals surface area contributed by atoms with Crippen LogP contribution in [0.2, 0.25) is 0 Å². The predicted octanol–water partition coefficient (Wildman–Crippen LogP) is 0.851. The number of anilines is 1. The second kappa shape index (κ2) is 4.49. The quantitative estimate of drug-likeness (QED) is 0.838. The van der Waals surface area contributed by atoms with Gasteiger partial charge in [0.05, 0.1) is 37.6 Å².